The molecular weight excluding hydrogens is 647 g/mol. The number of furan rings is 2. The zero-order chi connectivity index (χ0) is 33.9. The predicted octanol–water partition coefficient (Wildman–Crippen LogP) is 11.6. The van der Waals surface area contributed by atoms with E-state index in [4.69, 9.17) is 19.6 Å². The fourth-order valence-corrected chi connectivity index (χ4v) is 8.75. The number of benzene rings is 6. The second kappa shape index (κ2) is 12.1. The summed E-state index contributed by atoms with van der Waals surface area (Å²) >= 11 is 1.79. The van der Waals surface area contributed by atoms with E-state index in [1.54, 1.807) is 11.3 Å². The van der Waals surface area contributed by atoms with Crippen molar-refractivity contribution in [1.29, 1.82) is 0 Å². The lowest BCUT2D eigenvalue weighted by Crippen LogP contribution is -2.28. The smallest absolute Gasteiger partial charge is 0.143 e. The summed E-state index contributed by atoms with van der Waals surface area (Å²) in [7, 11) is 0. The van der Waals surface area contributed by atoms with E-state index in [0.717, 1.165) is 84.5 Å². The average molecular weight is 680 g/mol. The first-order valence-corrected chi connectivity index (χ1v) is 18.2. The highest BCUT2D eigenvalue weighted by Gasteiger charge is 2.21. The Bertz CT molecular complexity index is 2890. The summed E-state index contributed by atoms with van der Waals surface area (Å²) in [6.07, 6.45) is 9.25. The normalized spacial score (nSPS) is 15.7. The monoisotopic (exact) mass is 679 g/mol. The van der Waals surface area contributed by atoms with Crippen LogP contribution in [0.2, 0.25) is 0 Å². The van der Waals surface area contributed by atoms with E-state index < -0.39 is 6.17 Å². The molecule has 1 aliphatic rings. The number of aliphatic imine (C=N–C) groups is 1. The van der Waals surface area contributed by atoms with Gasteiger partial charge < -0.3 is 14.6 Å². The molecule has 3 aromatic heterocycles. The Morgan fingerprint density at radius 1 is 0.706 bits per heavy atom. The van der Waals surface area contributed by atoms with Crippen LogP contribution in [0.25, 0.3) is 75.2 Å². The Balaban J connectivity index is 1.10. The fraction of sp³-hybridized carbons (Fsp3) is 0.0889. The minimum absolute atomic E-state index is 0.368. The van der Waals surface area contributed by atoms with E-state index in [2.05, 4.69) is 121 Å². The molecule has 3 N–H and O–H groups in total. The van der Waals surface area contributed by atoms with Crippen molar-refractivity contribution in [2.75, 3.05) is 6.54 Å². The molecule has 0 aliphatic heterocycles. The van der Waals surface area contributed by atoms with E-state index in [-0.39, 0.29) is 0 Å². The van der Waals surface area contributed by atoms with Crippen molar-refractivity contribution in [3.8, 4) is 11.1 Å². The van der Waals surface area contributed by atoms with Crippen molar-refractivity contribution >= 4 is 81.2 Å². The first-order chi connectivity index (χ1) is 25.2. The van der Waals surface area contributed by atoms with Crippen molar-refractivity contribution in [2.45, 2.75) is 12.6 Å². The summed E-state index contributed by atoms with van der Waals surface area (Å²) in [5.41, 5.74) is 14.5. The summed E-state index contributed by atoms with van der Waals surface area (Å²) in [6, 6.07) is 42.1. The van der Waals surface area contributed by atoms with Gasteiger partial charge in [0.25, 0.3) is 0 Å². The van der Waals surface area contributed by atoms with Crippen molar-refractivity contribution < 1.29 is 8.83 Å². The van der Waals surface area contributed by atoms with Gasteiger partial charge in [0.05, 0.1) is 0 Å². The quantitative estimate of drug-likeness (QED) is 0.130. The molecule has 51 heavy (non-hydrogen) atoms. The summed E-state index contributed by atoms with van der Waals surface area (Å²) < 4.78 is 15.4. The van der Waals surface area contributed by atoms with E-state index in [9.17, 15) is 0 Å². The highest BCUT2D eigenvalue weighted by molar-refractivity contribution is 7.26. The van der Waals surface area contributed by atoms with Crippen molar-refractivity contribution in [2.24, 2.45) is 16.6 Å². The molecule has 3 heterocycles. The molecule has 0 spiro atoms. The van der Waals surface area contributed by atoms with Crippen LogP contribution >= 0.6 is 11.3 Å². The molecule has 9 aromatic rings. The van der Waals surface area contributed by atoms with Crippen molar-refractivity contribution in [3.63, 3.8) is 0 Å². The SMILES string of the molecule is NC(=NC(NCC1C=CC=CC1)c1cccc2c1oc1ccccc12)c1ccc2sc3cccc(-c4cccc5c4oc4ccccc45)c3c2c1. The Hall–Kier alpha value is -5.95. The average Bonchev–Trinajstić information content (AvgIpc) is 3.88. The molecule has 0 amide bonds. The van der Waals surface area contributed by atoms with Gasteiger partial charge in [-0.1, -0.05) is 109 Å². The lowest BCUT2D eigenvalue weighted by molar-refractivity contribution is 0.488. The molecule has 5 nitrogen and oxygen atoms in total. The second-order valence-corrected chi connectivity index (χ2v) is 14.3. The molecule has 2 unspecified atom stereocenters. The van der Waals surface area contributed by atoms with Crippen LogP contribution in [0.5, 0.6) is 0 Å². The summed E-state index contributed by atoms with van der Waals surface area (Å²) in [4.78, 5) is 5.21. The van der Waals surface area contributed by atoms with Crippen LogP contribution in [0.3, 0.4) is 0 Å². The number of hydrogen-bond donors (Lipinski definition) is 2. The van der Waals surface area contributed by atoms with Gasteiger partial charge in [-0.05, 0) is 54.3 Å². The maximum atomic E-state index is 6.97. The highest BCUT2D eigenvalue weighted by Crippen LogP contribution is 2.44. The number of fused-ring (bicyclic) bond motifs is 9. The maximum absolute atomic E-state index is 6.97. The van der Waals surface area contributed by atoms with Crippen LogP contribution in [0.15, 0.2) is 159 Å². The van der Waals surface area contributed by atoms with Gasteiger partial charge in [0, 0.05) is 65.0 Å². The van der Waals surface area contributed by atoms with Crippen LogP contribution in [0.1, 0.15) is 23.7 Å². The van der Waals surface area contributed by atoms with Crippen LogP contribution in [0, 0.1) is 5.92 Å². The molecule has 246 valence electrons. The number of para-hydroxylation sites is 4. The number of hydrogen-bond acceptors (Lipinski definition) is 5. The van der Waals surface area contributed by atoms with Gasteiger partial charge in [0.2, 0.25) is 0 Å². The number of nitrogens with two attached hydrogens (primary N) is 1. The molecule has 1 aliphatic carbocycles. The summed E-state index contributed by atoms with van der Waals surface area (Å²) in [5, 5.41) is 10.5. The van der Waals surface area contributed by atoms with Crippen molar-refractivity contribution in [1.82, 2.24) is 5.32 Å². The maximum Gasteiger partial charge on any atom is 0.143 e. The highest BCUT2D eigenvalue weighted by atomic mass is 32.1. The number of nitrogens with one attached hydrogen (secondary N) is 1. The summed E-state index contributed by atoms with van der Waals surface area (Å²) in [5.74, 6) is 0.838. The Labute approximate surface area is 298 Å². The largest absolute Gasteiger partial charge is 0.456 e. The van der Waals surface area contributed by atoms with Gasteiger partial charge in [-0.15, -0.1) is 11.3 Å². The standard InChI is InChI=1S/C45H33N3O2S/c46-44(48-45(47-26-27-11-2-1-3-12-27)35-19-9-17-33-30-14-5-7-21-38(30)50-43(33)35)28-23-24-39-36(25-28)41-31(15-10-22-40(41)51-39)34-18-8-16-32-29-13-4-6-20-37(29)49-42(32)34/h1-11,13-25,27,45,47H,12,26H2,(H2,46,48). The molecule has 0 bridgehead atoms. The second-order valence-electron chi connectivity index (χ2n) is 13.2. The zero-order valence-corrected chi connectivity index (χ0v) is 28.5. The third kappa shape index (κ3) is 5.06. The van der Waals surface area contributed by atoms with Gasteiger partial charge in [0.15, 0.2) is 0 Å². The number of rotatable bonds is 7. The van der Waals surface area contributed by atoms with Gasteiger partial charge in [0.1, 0.15) is 34.3 Å². The minimum Gasteiger partial charge on any atom is -0.456 e. The molecule has 6 aromatic carbocycles. The first kappa shape index (κ1) is 29.9. The third-order valence-electron chi connectivity index (χ3n) is 10.1. The molecule has 0 saturated heterocycles. The molecule has 0 saturated carbocycles. The molecule has 0 fully saturated rings. The Kier molecular flexibility index (Phi) is 7.11. The third-order valence-corrected chi connectivity index (χ3v) is 11.3. The Morgan fingerprint density at radius 3 is 2.22 bits per heavy atom. The minimum atomic E-state index is -0.412. The van der Waals surface area contributed by atoms with Gasteiger partial charge >= 0.3 is 0 Å². The molecule has 0 radical (unpaired) electrons. The molecule has 2 atom stereocenters. The van der Waals surface area contributed by atoms with Crippen LogP contribution < -0.4 is 11.1 Å². The predicted molar refractivity (Wildman–Crippen MR) is 214 cm³/mol. The van der Waals surface area contributed by atoms with Crippen LogP contribution in [-0.4, -0.2) is 12.4 Å². The van der Waals surface area contributed by atoms with Crippen LogP contribution in [-0.2, 0) is 0 Å². The zero-order valence-electron chi connectivity index (χ0n) is 27.7. The van der Waals surface area contributed by atoms with Gasteiger partial charge in [-0.25, -0.2) is 4.99 Å². The van der Waals surface area contributed by atoms with Gasteiger partial charge in [-0.3, -0.25) is 5.32 Å². The lowest BCUT2D eigenvalue weighted by atomic mass is 9.97. The molecule has 6 heteroatoms. The van der Waals surface area contributed by atoms with Crippen molar-refractivity contribution in [3.05, 3.63) is 157 Å². The van der Waals surface area contributed by atoms with E-state index in [0.29, 0.717) is 11.8 Å². The fourth-order valence-electron chi connectivity index (χ4n) is 7.64. The topological polar surface area (TPSA) is 76.7 Å². The van der Waals surface area contributed by atoms with Gasteiger partial charge in [-0.2, -0.15) is 0 Å². The molecular formula is C45H33N3O2S. The number of nitrogens with zero attached hydrogens (tertiary/aromatic N) is 1. The number of allylic oxidation sites excluding steroid dienone is 3. The van der Waals surface area contributed by atoms with E-state index in [1.165, 1.54) is 14.8 Å². The summed E-state index contributed by atoms with van der Waals surface area (Å²) in [6.45, 7) is 0.754. The Morgan fingerprint density at radius 2 is 1.41 bits per heavy atom. The first-order valence-electron chi connectivity index (χ1n) is 17.4. The number of thiophene rings is 1. The lowest BCUT2D eigenvalue weighted by Gasteiger charge is -2.20. The number of amidine groups is 1. The van der Waals surface area contributed by atoms with E-state index in [1.807, 2.05) is 30.3 Å². The van der Waals surface area contributed by atoms with Crippen LogP contribution in [0.4, 0.5) is 0 Å². The molecule has 10 rings (SSSR count). The van der Waals surface area contributed by atoms with E-state index >= 15 is 0 Å².